The van der Waals surface area contributed by atoms with Crippen molar-refractivity contribution >= 4 is 16.1 Å². The Morgan fingerprint density at radius 1 is 0.952 bits per heavy atom. The Morgan fingerprint density at radius 2 is 1.62 bits per heavy atom. The van der Waals surface area contributed by atoms with E-state index in [-0.39, 0.29) is 4.90 Å². The molecule has 5 heteroatoms. The van der Waals surface area contributed by atoms with E-state index in [9.17, 15) is 13.5 Å². The molecule has 0 bridgehead atoms. The zero-order chi connectivity index (χ0) is 14.9. The number of aliphatic hydroxyl groups is 1. The van der Waals surface area contributed by atoms with Crippen LogP contribution in [0.5, 0.6) is 0 Å². The minimum atomic E-state index is -3.66. The zero-order valence-corrected chi connectivity index (χ0v) is 12.0. The normalized spacial score (nSPS) is 21.0. The van der Waals surface area contributed by atoms with Crippen LogP contribution in [0.3, 0.4) is 0 Å². The van der Waals surface area contributed by atoms with Gasteiger partial charge in [0.25, 0.3) is 0 Å². The van der Waals surface area contributed by atoms with Crippen molar-refractivity contribution in [3.63, 3.8) is 0 Å². The summed E-state index contributed by atoms with van der Waals surface area (Å²) in [4.78, 5) is 0.185. The molecular weight excluding hydrogens is 286 g/mol. The van der Waals surface area contributed by atoms with Gasteiger partial charge in [-0.25, -0.2) is 13.1 Å². The van der Waals surface area contributed by atoms with E-state index in [4.69, 9.17) is 0 Å². The Bertz CT molecular complexity index is 769. The number of hydrogen-bond donors (Lipinski definition) is 2. The van der Waals surface area contributed by atoms with Crippen LogP contribution in [0.25, 0.3) is 6.08 Å². The van der Waals surface area contributed by atoms with Crippen LogP contribution in [0, 0.1) is 0 Å². The summed E-state index contributed by atoms with van der Waals surface area (Å²) in [6, 6.07) is 14.8. The number of rotatable bonds is 3. The molecule has 0 heterocycles. The van der Waals surface area contributed by atoms with Gasteiger partial charge in [0, 0.05) is 0 Å². The molecule has 0 aromatic heterocycles. The number of aliphatic hydroxyl groups excluding tert-OH is 1. The molecule has 1 aliphatic rings. The van der Waals surface area contributed by atoms with E-state index in [2.05, 4.69) is 4.72 Å². The minimum Gasteiger partial charge on any atom is -0.386 e. The largest absolute Gasteiger partial charge is 0.386 e. The average Bonchev–Trinajstić information content (AvgIpc) is 2.51. The highest BCUT2D eigenvalue weighted by molar-refractivity contribution is 7.89. The molecule has 0 saturated carbocycles. The molecule has 0 unspecified atom stereocenters. The third-order valence-corrected chi connectivity index (χ3v) is 4.96. The van der Waals surface area contributed by atoms with Gasteiger partial charge in [-0.2, -0.15) is 0 Å². The van der Waals surface area contributed by atoms with Crippen molar-refractivity contribution in [2.24, 2.45) is 0 Å². The summed E-state index contributed by atoms with van der Waals surface area (Å²) in [6.07, 6.45) is 2.60. The van der Waals surface area contributed by atoms with Crippen LogP contribution in [0.15, 0.2) is 65.6 Å². The fourth-order valence-corrected chi connectivity index (χ4v) is 3.61. The highest BCUT2D eigenvalue weighted by Gasteiger charge is 2.28. The van der Waals surface area contributed by atoms with Gasteiger partial charge in [-0.1, -0.05) is 54.6 Å². The lowest BCUT2D eigenvalue weighted by Crippen LogP contribution is -2.39. The van der Waals surface area contributed by atoms with Crippen LogP contribution in [0.1, 0.15) is 17.2 Å². The lowest BCUT2D eigenvalue weighted by molar-refractivity contribution is 0.155. The van der Waals surface area contributed by atoms with Gasteiger partial charge in [-0.3, -0.25) is 0 Å². The van der Waals surface area contributed by atoms with Crippen LogP contribution in [0.2, 0.25) is 0 Å². The van der Waals surface area contributed by atoms with Crippen LogP contribution in [0.4, 0.5) is 0 Å². The van der Waals surface area contributed by atoms with Crippen LogP contribution < -0.4 is 4.72 Å². The standard InChI is InChI=1S/C16H15NO3S/c18-16-14-9-5-4-6-12(14)10-11-15(16)17-21(19,20)13-7-2-1-3-8-13/h1-11,15-18H/t15-,16-/m0/s1. The van der Waals surface area contributed by atoms with Crippen molar-refractivity contribution in [1.29, 1.82) is 0 Å². The third kappa shape index (κ3) is 2.76. The Kier molecular flexibility index (Phi) is 3.63. The van der Waals surface area contributed by atoms with Crippen molar-refractivity contribution in [2.75, 3.05) is 0 Å². The summed E-state index contributed by atoms with van der Waals surface area (Å²) in [5.41, 5.74) is 1.63. The first kappa shape index (κ1) is 14.0. The van der Waals surface area contributed by atoms with E-state index >= 15 is 0 Å². The van der Waals surface area contributed by atoms with Gasteiger partial charge in [-0.15, -0.1) is 0 Å². The topological polar surface area (TPSA) is 66.4 Å². The SMILES string of the molecule is O=S(=O)(N[C@H]1C=Cc2ccccc2[C@@H]1O)c1ccccc1. The lowest BCUT2D eigenvalue weighted by atomic mass is 9.92. The molecule has 1 aliphatic carbocycles. The molecule has 4 nitrogen and oxygen atoms in total. The molecule has 21 heavy (non-hydrogen) atoms. The van der Waals surface area contributed by atoms with Gasteiger partial charge in [0.2, 0.25) is 10.0 Å². The minimum absolute atomic E-state index is 0.185. The summed E-state index contributed by atoms with van der Waals surface area (Å²) < 4.78 is 27.1. The van der Waals surface area contributed by atoms with Crippen molar-refractivity contribution in [3.05, 3.63) is 71.8 Å². The van der Waals surface area contributed by atoms with Crippen molar-refractivity contribution in [2.45, 2.75) is 17.0 Å². The first-order chi connectivity index (χ1) is 10.1. The van der Waals surface area contributed by atoms with Crippen LogP contribution >= 0.6 is 0 Å². The van der Waals surface area contributed by atoms with Gasteiger partial charge in [0.05, 0.1) is 17.0 Å². The predicted octanol–water partition coefficient (Wildman–Crippen LogP) is 2.09. The summed E-state index contributed by atoms with van der Waals surface area (Å²) in [6.45, 7) is 0. The van der Waals surface area contributed by atoms with Crippen molar-refractivity contribution < 1.29 is 13.5 Å². The molecule has 0 spiro atoms. The summed E-state index contributed by atoms with van der Waals surface area (Å²) >= 11 is 0. The van der Waals surface area contributed by atoms with E-state index in [0.29, 0.717) is 0 Å². The molecule has 2 N–H and O–H groups in total. The Labute approximate surface area is 123 Å². The van der Waals surface area contributed by atoms with Gasteiger partial charge in [0.1, 0.15) is 0 Å². The molecule has 2 aromatic rings. The van der Waals surface area contributed by atoms with Crippen molar-refractivity contribution in [1.82, 2.24) is 4.72 Å². The molecule has 0 fully saturated rings. The first-order valence-electron chi connectivity index (χ1n) is 6.60. The zero-order valence-electron chi connectivity index (χ0n) is 11.2. The fraction of sp³-hybridized carbons (Fsp3) is 0.125. The maximum Gasteiger partial charge on any atom is 0.241 e. The van der Waals surface area contributed by atoms with E-state index in [1.165, 1.54) is 12.1 Å². The molecule has 0 saturated heterocycles. The number of fused-ring (bicyclic) bond motifs is 1. The Hall–Kier alpha value is -1.95. The Morgan fingerprint density at radius 3 is 2.38 bits per heavy atom. The fourth-order valence-electron chi connectivity index (χ4n) is 2.39. The Balaban J connectivity index is 1.87. The summed E-state index contributed by atoms with van der Waals surface area (Å²) in [5, 5.41) is 10.4. The predicted molar refractivity (Wildman–Crippen MR) is 81.0 cm³/mol. The average molecular weight is 301 g/mol. The monoisotopic (exact) mass is 301 g/mol. The maximum absolute atomic E-state index is 12.3. The smallest absolute Gasteiger partial charge is 0.241 e. The molecule has 108 valence electrons. The molecule has 2 atom stereocenters. The van der Waals surface area contributed by atoms with E-state index in [1.807, 2.05) is 24.3 Å². The number of nitrogens with one attached hydrogen (secondary N) is 1. The van der Waals surface area contributed by atoms with E-state index < -0.39 is 22.2 Å². The van der Waals surface area contributed by atoms with E-state index in [0.717, 1.165) is 11.1 Å². The molecule has 3 rings (SSSR count). The molecule has 0 radical (unpaired) electrons. The second kappa shape index (κ2) is 5.44. The quantitative estimate of drug-likeness (QED) is 0.912. The van der Waals surface area contributed by atoms with Gasteiger partial charge < -0.3 is 5.11 Å². The van der Waals surface area contributed by atoms with Crippen molar-refractivity contribution in [3.8, 4) is 0 Å². The second-order valence-electron chi connectivity index (χ2n) is 4.89. The third-order valence-electron chi connectivity index (χ3n) is 3.48. The van der Waals surface area contributed by atoms with Crippen LogP contribution in [-0.4, -0.2) is 19.6 Å². The van der Waals surface area contributed by atoms with E-state index in [1.54, 1.807) is 30.3 Å². The summed E-state index contributed by atoms with van der Waals surface area (Å²) in [5.74, 6) is 0. The lowest BCUT2D eigenvalue weighted by Gasteiger charge is -2.26. The highest BCUT2D eigenvalue weighted by Crippen LogP contribution is 2.28. The molecule has 0 aliphatic heterocycles. The number of hydrogen-bond acceptors (Lipinski definition) is 3. The molecular formula is C16H15NO3S. The van der Waals surface area contributed by atoms with Gasteiger partial charge in [-0.05, 0) is 23.3 Å². The summed E-state index contributed by atoms with van der Waals surface area (Å²) in [7, 11) is -3.66. The number of sulfonamides is 1. The molecule has 0 amide bonds. The van der Waals surface area contributed by atoms with Crippen LogP contribution in [-0.2, 0) is 10.0 Å². The number of benzene rings is 2. The second-order valence-corrected chi connectivity index (χ2v) is 6.61. The van der Waals surface area contributed by atoms with Gasteiger partial charge in [0.15, 0.2) is 0 Å². The van der Waals surface area contributed by atoms with Gasteiger partial charge >= 0.3 is 0 Å². The maximum atomic E-state index is 12.3. The highest BCUT2D eigenvalue weighted by atomic mass is 32.2. The molecule has 2 aromatic carbocycles. The first-order valence-corrected chi connectivity index (χ1v) is 8.09.